The van der Waals surface area contributed by atoms with E-state index in [1.807, 2.05) is 4.90 Å². The molecule has 0 saturated carbocycles. The van der Waals surface area contributed by atoms with Gasteiger partial charge in [0.05, 0.1) is 6.54 Å². The first-order chi connectivity index (χ1) is 9.22. The van der Waals surface area contributed by atoms with E-state index >= 15 is 0 Å². The van der Waals surface area contributed by atoms with E-state index in [2.05, 4.69) is 23.1 Å². The van der Waals surface area contributed by atoms with Crippen molar-refractivity contribution in [3.63, 3.8) is 0 Å². The maximum atomic E-state index is 10.7. The van der Waals surface area contributed by atoms with Crippen LogP contribution in [0.3, 0.4) is 0 Å². The molecule has 4 nitrogen and oxygen atoms in total. The molecule has 1 aliphatic heterocycles. The molecule has 1 aliphatic carbocycles. The van der Waals surface area contributed by atoms with Crippen molar-refractivity contribution >= 4 is 11.7 Å². The van der Waals surface area contributed by atoms with Crippen molar-refractivity contribution in [2.45, 2.75) is 19.3 Å². The lowest BCUT2D eigenvalue weighted by molar-refractivity contribution is -0.138. The van der Waals surface area contributed by atoms with Crippen LogP contribution in [0.4, 0.5) is 5.69 Å². The molecule has 1 fully saturated rings. The minimum absolute atomic E-state index is 0.165. The Balaban J connectivity index is 1.63. The highest BCUT2D eigenvalue weighted by Crippen LogP contribution is 2.27. The highest BCUT2D eigenvalue weighted by Gasteiger charge is 2.20. The molecular formula is C15H20N2O2. The van der Waals surface area contributed by atoms with Crippen molar-refractivity contribution in [2.24, 2.45) is 0 Å². The van der Waals surface area contributed by atoms with E-state index in [1.165, 1.54) is 36.1 Å². The molecule has 1 N–H and O–H groups in total. The SMILES string of the molecule is O=C(O)CN1CCN(c2ccc3c(c2)CCC3)CC1. The fraction of sp³-hybridized carbons (Fsp3) is 0.533. The van der Waals surface area contributed by atoms with E-state index in [1.54, 1.807) is 0 Å². The second-order valence-electron chi connectivity index (χ2n) is 5.46. The highest BCUT2D eigenvalue weighted by molar-refractivity contribution is 5.69. The molecule has 0 unspecified atom stereocenters. The molecule has 19 heavy (non-hydrogen) atoms. The Morgan fingerprint density at radius 2 is 1.84 bits per heavy atom. The number of rotatable bonds is 3. The van der Waals surface area contributed by atoms with Gasteiger partial charge in [-0.1, -0.05) is 6.07 Å². The molecule has 1 aromatic carbocycles. The molecular weight excluding hydrogens is 240 g/mol. The van der Waals surface area contributed by atoms with E-state index in [0.29, 0.717) is 0 Å². The summed E-state index contributed by atoms with van der Waals surface area (Å²) in [7, 11) is 0. The van der Waals surface area contributed by atoms with Crippen LogP contribution in [-0.4, -0.2) is 48.7 Å². The Hall–Kier alpha value is -1.55. The molecule has 0 amide bonds. The second-order valence-corrected chi connectivity index (χ2v) is 5.46. The predicted molar refractivity (Wildman–Crippen MR) is 74.8 cm³/mol. The van der Waals surface area contributed by atoms with E-state index in [-0.39, 0.29) is 6.54 Å². The van der Waals surface area contributed by atoms with Crippen molar-refractivity contribution in [1.82, 2.24) is 4.90 Å². The van der Waals surface area contributed by atoms with E-state index in [0.717, 1.165) is 26.2 Å². The molecule has 102 valence electrons. The summed E-state index contributed by atoms with van der Waals surface area (Å²) in [6.07, 6.45) is 3.72. The minimum atomic E-state index is -0.731. The fourth-order valence-corrected chi connectivity index (χ4v) is 3.11. The van der Waals surface area contributed by atoms with Crippen LogP contribution < -0.4 is 4.90 Å². The molecule has 0 bridgehead atoms. The van der Waals surface area contributed by atoms with Crippen molar-refractivity contribution in [3.05, 3.63) is 29.3 Å². The van der Waals surface area contributed by atoms with Gasteiger partial charge in [0.25, 0.3) is 0 Å². The summed E-state index contributed by atoms with van der Waals surface area (Å²) in [4.78, 5) is 15.1. The van der Waals surface area contributed by atoms with Crippen molar-refractivity contribution in [2.75, 3.05) is 37.6 Å². The van der Waals surface area contributed by atoms with Crippen molar-refractivity contribution in [3.8, 4) is 0 Å². The van der Waals surface area contributed by atoms with Gasteiger partial charge in [-0.2, -0.15) is 0 Å². The summed E-state index contributed by atoms with van der Waals surface area (Å²) in [5, 5.41) is 8.80. The maximum absolute atomic E-state index is 10.7. The Labute approximate surface area is 113 Å². The number of aliphatic carboxylic acids is 1. The van der Waals surface area contributed by atoms with Crippen molar-refractivity contribution < 1.29 is 9.90 Å². The molecule has 4 heteroatoms. The Bertz CT molecular complexity index is 479. The van der Waals surface area contributed by atoms with Crippen LogP contribution in [0.25, 0.3) is 0 Å². The van der Waals surface area contributed by atoms with Crippen LogP contribution in [0.5, 0.6) is 0 Å². The smallest absolute Gasteiger partial charge is 0.317 e. The second kappa shape index (κ2) is 5.21. The zero-order valence-electron chi connectivity index (χ0n) is 11.1. The molecule has 3 rings (SSSR count). The molecule has 0 spiro atoms. The fourth-order valence-electron chi connectivity index (χ4n) is 3.11. The largest absolute Gasteiger partial charge is 0.480 e. The Morgan fingerprint density at radius 3 is 2.58 bits per heavy atom. The first kappa shape index (κ1) is 12.5. The standard InChI is InChI=1S/C15H20N2O2/c18-15(19)11-16-6-8-17(9-7-16)14-5-4-12-2-1-3-13(12)10-14/h4-5,10H,1-3,6-9,11H2,(H,18,19). The van der Waals surface area contributed by atoms with Gasteiger partial charge in [-0.15, -0.1) is 0 Å². The average Bonchev–Trinajstić information content (AvgIpc) is 2.86. The predicted octanol–water partition coefficient (Wildman–Crippen LogP) is 1.38. The topological polar surface area (TPSA) is 43.8 Å². The van der Waals surface area contributed by atoms with E-state index in [9.17, 15) is 4.79 Å². The molecule has 1 saturated heterocycles. The van der Waals surface area contributed by atoms with Crippen LogP contribution in [0.2, 0.25) is 0 Å². The van der Waals surface area contributed by atoms with Gasteiger partial charge >= 0.3 is 5.97 Å². The molecule has 0 radical (unpaired) electrons. The number of fused-ring (bicyclic) bond motifs is 1. The number of benzene rings is 1. The number of hydrogen-bond donors (Lipinski definition) is 1. The molecule has 0 atom stereocenters. The third kappa shape index (κ3) is 2.73. The Morgan fingerprint density at radius 1 is 1.11 bits per heavy atom. The van der Waals surface area contributed by atoms with E-state index < -0.39 is 5.97 Å². The van der Waals surface area contributed by atoms with Gasteiger partial charge in [0.15, 0.2) is 0 Å². The monoisotopic (exact) mass is 260 g/mol. The normalized spacial score (nSPS) is 19.5. The van der Waals surface area contributed by atoms with E-state index in [4.69, 9.17) is 5.11 Å². The van der Waals surface area contributed by atoms with Gasteiger partial charge < -0.3 is 10.0 Å². The summed E-state index contributed by atoms with van der Waals surface area (Å²) in [5.74, 6) is -0.731. The summed E-state index contributed by atoms with van der Waals surface area (Å²) < 4.78 is 0. The number of carbonyl (C=O) groups is 1. The van der Waals surface area contributed by atoms with Gasteiger partial charge in [-0.25, -0.2) is 0 Å². The van der Waals surface area contributed by atoms with Crippen LogP contribution in [0, 0.1) is 0 Å². The zero-order valence-corrected chi connectivity index (χ0v) is 11.1. The number of piperazine rings is 1. The average molecular weight is 260 g/mol. The summed E-state index contributed by atoms with van der Waals surface area (Å²) in [6, 6.07) is 6.81. The number of aryl methyl sites for hydroxylation is 2. The van der Waals surface area contributed by atoms with Gasteiger partial charge in [0.2, 0.25) is 0 Å². The van der Waals surface area contributed by atoms with Crippen LogP contribution in [-0.2, 0) is 17.6 Å². The number of nitrogens with zero attached hydrogens (tertiary/aromatic N) is 2. The highest BCUT2D eigenvalue weighted by atomic mass is 16.4. The van der Waals surface area contributed by atoms with Gasteiger partial charge in [0, 0.05) is 31.9 Å². The maximum Gasteiger partial charge on any atom is 0.317 e. The third-order valence-electron chi connectivity index (χ3n) is 4.18. The lowest BCUT2D eigenvalue weighted by atomic mass is 10.1. The molecule has 1 heterocycles. The number of hydrogen-bond acceptors (Lipinski definition) is 3. The lowest BCUT2D eigenvalue weighted by Crippen LogP contribution is -2.48. The summed E-state index contributed by atoms with van der Waals surface area (Å²) >= 11 is 0. The number of anilines is 1. The van der Waals surface area contributed by atoms with Gasteiger partial charge in [0.1, 0.15) is 0 Å². The zero-order chi connectivity index (χ0) is 13.2. The molecule has 2 aliphatic rings. The number of carboxylic acids is 1. The van der Waals surface area contributed by atoms with Crippen molar-refractivity contribution in [1.29, 1.82) is 0 Å². The van der Waals surface area contributed by atoms with Gasteiger partial charge in [-0.3, -0.25) is 9.69 Å². The minimum Gasteiger partial charge on any atom is -0.480 e. The molecule has 1 aromatic rings. The first-order valence-corrected chi connectivity index (χ1v) is 7.03. The third-order valence-corrected chi connectivity index (χ3v) is 4.18. The van der Waals surface area contributed by atoms with Gasteiger partial charge in [-0.05, 0) is 42.5 Å². The first-order valence-electron chi connectivity index (χ1n) is 7.03. The summed E-state index contributed by atoms with van der Waals surface area (Å²) in [6.45, 7) is 3.68. The van der Waals surface area contributed by atoms with Crippen LogP contribution in [0.1, 0.15) is 17.5 Å². The summed E-state index contributed by atoms with van der Waals surface area (Å²) in [5.41, 5.74) is 4.31. The number of carboxylic acid groups (broad SMARTS) is 1. The molecule has 0 aromatic heterocycles. The van der Waals surface area contributed by atoms with Crippen LogP contribution in [0.15, 0.2) is 18.2 Å². The quantitative estimate of drug-likeness (QED) is 0.892. The lowest BCUT2D eigenvalue weighted by Gasteiger charge is -2.35. The van der Waals surface area contributed by atoms with Crippen LogP contribution >= 0.6 is 0 Å². The Kier molecular flexibility index (Phi) is 3.42.